The maximum atomic E-state index is 11.4. The second kappa shape index (κ2) is 44.5. The summed E-state index contributed by atoms with van der Waals surface area (Å²) in [5.74, 6) is 1.14. The molecule has 338 valence electrons. The second-order valence-electron chi connectivity index (χ2n) is 16.9. The number of nitrogens with two attached hydrogens (primary N) is 7. The van der Waals surface area contributed by atoms with Crippen molar-refractivity contribution in [2.75, 3.05) is 26.2 Å². The van der Waals surface area contributed by atoms with Crippen molar-refractivity contribution in [3.8, 4) is 0 Å². The lowest BCUT2D eigenvalue weighted by Crippen LogP contribution is -2.35. The van der Waals surface area contributed by atoms with Gasteiger partial charge < -0.3 is 49.8 Å². The summed E-state index contributed by atoms with van der Waals surface area (Å²) >= 11 is 0. The van der Waals surface area contributed by atoms with Gasteiger partial charge >= 0.3 is 5.97 Å². The Morgan fingerprint density at radius 2 is 1.04 bits per heavy atom. The van der Waals surface area contributed by atoms with Crippen LogP contribution in [-0.2, 0) is 16.0 Å². The SMILES string of the molecule is CC(C)CC(C)N.CC(C)CCCC(C)N.CC(N)CCc1ccccc1.CCC(C(=O)OCC(C)N)C(C)N.CCC(C)N.CCN(CC)CCCC(C)N. The zero-order valence-corrected chi connectivity index (χ0v) is 39.9. The van der Waals surface area contributed by atoms with Gasteiger partial charge in [-0.3, -0.25) is 4.79 Å². The van der Waals surface area contributed by atoms with Gasteiger partial charge in [0.1, 0.15) is 6.61 Å². The molecule has 1 aromatic carbocycles. The molecule has 0 bridgehead atoms. The lowest BCUT2D eigenvalue weighted by Gasteiger charge is -2.18. The molecule has 0 heterocycles. The van der Waals surface area contributed by atoms with Crippen molar-refractivity contribution >= 4 is 5.97 Å². The van der Waals surface area contributed by atoms with E-state index in [1.165, 1.54) is 37.8 Å². The van der Waals surface area contributed by atoms with Crippen LogP contribution in [0, 0.1) is 17.8 Å². The highest BCUT2D eigenvalue weighted by Gasteiger charge is 2.22. The fourth-order valence-corrected chi connectivity index (χ4v) is 4.88. The first-order chi connectivity index (χ1) is 26.0. The molecular weight excluding hydrogens is 697 g/mol. The summed E-state index contributed by atoms with van der Waals surface area (Å²) in [4.78, 5) is 13.8. The summed E-state index contributed by atoms with van der Waals surface area (Å²) in [6.07, 6.45) is 11.3. The van der Waals surface area contributed by atoms with Crippen molar-refractivity contribution in [2.24, 2.45) is 57.9 Å². The van der Waals surface area contributed by atoms with Crippen molar-refractivity contribution in [1.82, 2.24) is 4.90 Å². The van der Waals surface area contributed by atoms with E-state index in [4.69, 9.17) is 44.9 Å². The Morgan fingerprint density at radius 3 is 1.34 bits per heavy atom. The monoisotopic (exact) mass is 799 g/mol. The molecule has 0 spiro atoms. The Bertz CT molecular complexity index is 876. The van der Waals surface area contributed by atoms with Crippen LogP contribution in [0.2, 0.25) is 0 Å². The fraction of sp³-hybridized carbons (Fsp3) is 0.848. The number of hydrogen-bond donors (Lipinski definition) is 7. The van der Waals surface area contributed by atoms with E-state index in [9.17, 15) is 4.79 Å². The lowest BCUT2D eigenvalue weighted by molar-refractivity contribution is -0.149. The molecule has 1 rings (SSSR count). The average Bonchev–Trinajstić information content (AvgIpc) is 3.09. The van der Waals surface area contributed by atoms with E-state index in [2.05, 4.69) is 91.5 Å². The van der Waals surface area contributed by atoms with E-state index in [0.717, 1.165) is 57.0 Å². The molecule has 0 fully saturated rings. The number of nitrogens with zero attached hydrogens (tertiary/aromatic N) is 1. The van der Waals surface area contributed by atoms with Crippen molar-refractivity contribution < 1.29 is 9.53 Å². The molecule has 8 atom stereocenters. The Morgan fingerprint density at radius 1 is 0.571 bits per heavy atom. The highest BCUT2D eigenvalue weighted by Crippen LogP contribution is 2.09. The fourth-order valence-electron chi connectivity index (χ4n) is 4.88. The summed E-state index contributed by atoms with van der Waals surface area (Å²) in [5.41, 5.74) is 40.1. The first-order valence-electron chi connectivity index (χ1n) is 22.2. The number of carbonyl (C=O) groups is 1. The van der Waals surface area contributed by atoms with Gasteiger partial charge in [-0.15, -0.1) is 0 Å². The molecule has 0 saturated carbocycles. The number of carbonyl (C=O) groups excluding carboxylic acids is 1. The van der Waals surface area contributed by atoms with Gasteiger partial charge in [0.2, 0.25) is 0 Å². The zero-order chi connectivity index (χ0) is 44.6. The molecule has 0 radical (unpaired) electrons. The predicted molar refractivity (Wildman–Crippen MR) is 251 cm³/mol. The number of esters is 1. The van der Waals surface area contributed by atoms with Crippen LogP contribution in [0.15, 0.2) is 30.3 Å². The Hall–Kier alpha value is -1.63. The van der Waals surface area contributed by atoms with Crippen LogP contribution < -0.4 is 40.1 Å². The molecule has 0 saturated heterocycles. The topological polar surface area (TPSA) is 212 Å². The Balaban J connectivity index is -0.000000190. The highest BCUT2D eigenvalue weighted by molar-refractivity contribution is 5.73. The van der Waals surface area contributed by atoms with Crippen LogP contribution in [0.1, 0.15) is 167 Å². The average molecular weight is 799 g/mol. The molecule has 1 aromatic rings. The van der Waals surface area contributed by atoms with Gasteiger partial charge in [0.25, 0.3) is 0 Å². The standard InChI is InChI=1S/C10H15N.C9H20N2O2.C9H22N2.C8H19N.C6H15N.C4H11N/c1-9(11)7-8-10-5-3-2-4-6-10;1-4-8(7(3)11)9(12)13-5-6(2)10;1-4-11(5-2)8-6-7-9(3)10;1-7(2)5-4-6-8(3)9;1-5(2)4-6(3)7;1-3-4(2)5/h2-6,9H,7-8,11H2,1H3;6-8H,4-5,10-11H2,1-3H3;9H,4-8,10H2,1-3H3;7-8H,4-6,9H2,1-3H3;5-6H,4,7H2,1-3H3;4H,3,5H2,1-2H3. The van der Waals surface area contributed by atoms with Crippen LogP contribution in [0.4, 0.5) is 0 Å². The van der Waals surface area contributed by atoms with Gasteiger partial charge in [-0.1, -0.05) is 98.6 Å². The minimum atomic E-state index is -0.241. The molecule has 8 unspecified atom stereocenters. The van der Waals surface area contributed by atoms with Gasteiger partial charge in [-0.05, 0) is 137 Å². The highest BCUT2D eigenvalue weighted by atomic mass is 16.5. The molecule has 10 nitrogen and oxygen atoms in total. The number of benzene rings is 1. The number of hydrogen-bond acceptors (Lipinski definition) is 10. The maximum Gasteiger partial charge on any atom is 0.310 e. The predicted octanol–water partition coefficient (Wildman–Crippen LogP) is 7.96. The molecule has 14 N–H and O–H groups in total. The molecular formula is C46H102N8O2. The minimum absolute atomic E-state index is 0.116. The van der Waals surface area contributed by atoms with E-state index in [1.54, 1.807) is 13.8 Å². The maximum absolute atomic E-state index is 11.4. The quantitative estimate of drug-likeness (QED) is 0.0596. The normalized spacial score (nSPS) is 14.9. The van der Waals surface area contributed by atoms with E-state index < -0.39 is 0 Å². The number of rotatable bonds is 21. The van der Waals surface area contributed by atoms with Crippen LogP contribution in [0.25, 0.3) is 0 Å². The first-order valence-corrected chi connectivity index (χ1v) is 22.2. The van der Waals surface area contributed by atoms with Gasteiger partial charge in [-0.25, -0.2) is 0 Å². The largest absolute Gasteiger partial charge is 0.464 e. The summed E-state index contributed by atoms with van der Waals surface area (Å²) in [7, 11) is 0. The van der Waals surface area contributed by atoms with Gasteiger partial charge in [0.05, 0.1) is 5.92 Å². The lowest BCUT2D eigenvalue weighted by atomic mass is 9.99. The van der Waals surface area contributed by atoms with Crippen molar-refractivity contribution in [2.45, 2.75) is 210 Å². The summed E-state index contributed by atoms with van der Waals surface area (Å²) in [6.45, 7) is 34.9. The van der Waals surface area contributed by atoms with Gasteiger partial charge in [-0.2, -0.15) is 0 Å². The van der Waals surface area contributed by atoms with E-state index >= 15 is 0 Å². The molecule has 0 amide bonds. The van der Waals surface area contributed by atoms with Gasteiger partial charge in [0, 0.05) is 42.3 Å². The minimum Gasteiger partial charge on any atom is -0.464 e. The summed E-state index contributed by atoms with van der Waals surface area (Å²) in [6, 6.07) is 12.0. The molecule has 0 aliphatic rings. The Kier molecular flexibility index (Phi) is 50.5. The van der Waals surface area contributed by atoms with Crippen LogP contribution in [0.5, 0.6) is 0 Å². The second-order valence-corrected chi connectivity index (χ2v) is 16.9. The van der Waals surface area contributed by atoms with Crippen molar-refractivity contribution in [3.63, 3.8) is 0 Å². The third-order valence-electron chi connectivity index (χ3n) is 8.55. The zero-order valence-electron chi connectivity index (χ0n) is 39.9. The van der Waals surface area contributed by atoms with E-state index in [1.807, 2.05) is 33.8 Å². The molecule has 0 aromatic heterocycles. The number of aryl methyl sites for hydroxylation is 1. The molecule has 0 aliphatic carbocycles. The third kappa shape index (κ3) is 59.1. The van der Waals surface area contributed by atoms with Crippen LogP contribution in [0.3, 0.4) is 0 Å². The number of ether oxygens (including phenoxy) is 1. The van der Waals surface area contributed by atoms with Crippen LogP contribution in [-0.4, -0.2) is 79.4 Å². The van der Waals surface area contributed by atoms with Crippen molar-refractivity contribution in [3.05, 3.63) is 35.9 Å². The van der Waals surface area contributed by atoms with E-state index in [-0.39, 0.29) is 30.6 Å². The summed E-state index contributed by atoms with van der Waals surface area (Å²) < 4.78 is 4.97. The Labute approximate surface area is 349 Å². The third-order valence-corrected chi connectivity index (χ3v) is 8.55. The van der Waals surface area contributed by atoms with Gasteiger partial charge in [0.15, 0.2) is 0 Å². The summed E-state index contributed by atoms with van der Waals surface area (Å²) in [5, 5.41) is 0. The molecule has 10 heteroatoms. The van der Waals surface area contributed by atoms with Crippen molar-refractivity contribution in [1.29, 1.82) is 0 Å². The smallest absolute Gasteiger partial charge is 0.310 e. The first kappa shape index (κ1) is 63.5. The molecule has 56 heavy (non-hydrogen) atoms. The van der Waals surface area contributed by atoms with Crippen LogP contribution >= 0.6 is 0 Å². The molecule has 0 aliphatic heterocycles. The van der Waals surface area contributed by atoms with E-state index in [0.29, 0.717) is 36.6 Å².